The Hall–Kier alpha value is -0.910. The van der Waals surface area contributed by atoms with Gasteiger partial charge < -0.3 is 5.32 Å². The molecule has 108 valence electrons. The molecule has 0 aromatic heterocycles. The Labute approximate surface area is 116 Å². The van der Waals surface area contributed by atoms with E-state index in [-0.39, 0.29) is 10.9 Å². The SMILES string of the molecule is CC(NCC(C)C(C)C)c1ccc(S(N)(=O)=O)cc1. The first-order valence-electron chi connectivity index (χ1n) is 6.58. The highest BCUT2D eigenvalue weighted by molar-refractivity contribution is 7.89. The smallest absolute Gasteiger partial charge is 0.238 e. The van der Waals surface area contributed by atoms with Crippen molar-refractivity contribution in [1.82, 2.24) is 5.32 Å². The molecule has 0 radical (unpaired) electrons. The molecule has 0 aliphatic heterocycles. The van der Waals surface area contributed by atoms with Crippen molar-refractivity contribution in [3.63, 3.8) is 0 Å². The van der Waals surface area contributed by atoms with Gasteiger partial charge in [-0.25, -0.2) is 13.6 Å². The van der Waals surface area contributed by atoms with Gasteiger partial charge in [0.05, 0.1) is 4.90 Å². The fraction of sp³-hybridized carbons (Fsp3) is 0.571. The molecule has 0 amide bonds. The molecule has 3 N–H and O–H groups in total. The van der Waals surface area contributed by atoms with Crippen LogP contribution in [-0.2, 0) is 10.0 Å². The second-order valence-corrected chi connectivity index (χ2v) is 7.03. The van der Waals surface area contributed by atoms with Gasteiger partial charge in [0.15, 0.2) is 0 Å². The van der Waals surface area contributed by atoms with Crippen LogP contribution in [0.15, 0.2) is 29.2 Å². The predicted octanol–water partition coefficient (Wildman–Crippen LogP) is 2.28. The van der Waals surface area contributed by atoms with E-state index in [9.17, 15) is 8.42 Å². The number of sulfonamides is 1. The van der Waals surface area contributed by atoms with Crippen molar-refractivity contribution in [2.45, 2.75) is 38.6 Å². The van der Waals surface area contributed by atoms with Crippen LogP contribution >= 0.6 is 0 Å². The van der Waals surface area contributed by atoms with Crippen LogP contribution in [-0.4, -0.2) is 15.0 Å². The lowest BCUT2D eigenvalue weighted by Crippen LogP contribution is -2.26. The molecule has 2 atom stereocenters. The van der Waals surface area contributed by atoms with Crippen LogP contribution in [0, 0.1) is 11.8 Å². The summed E-state index contributed by atoms with van der Waals surface area (Å²) in [6.45, 7) is 9.64. The Balaban J connectivity index is 2.66. The highest BCUT2D eigenvalue weighted by Crippen LogP contribution is 2.16. The van der Waals surface area contributed by atoms with E-state index in [1.165, 1.54) is 0 Å². The van der Waals surface area contributed by atoms with Crippen molar-refractivity contribution >= 4 is 10.0 Å². The van der Waals surface area contributed by atoms with Crippen LogP contribution in [0.3, 0.4) is 0 Å². The van der Waals surface area contributed by atoms with Gasteiger partial charge in [-0.3, -0.25) is 0 Å². The molecule has 0 fully saturated rings. The van der Waals surface area contributed by atoms with Gasteiger partial charge in [-0.1, -0.05) is 32.9 Å². The molecule has 0 heterocycles. The molecule has 0 saturated heterocycles. The average Bonchev–Trinajstić information content (AvgIpc) is 2.34. The van der Waals surface area contributed by atoms with Gasteiger partial charge in [-0.05, 0) is 43.0 Å². The lowest BCUT2D eigenvalue weighted by molar-refractivity contribution is 0.375. The van der Waals surface area contributed by atoms with E-state index in [2.05, 4.69) is 33.0 Å². The normalized spacial score (nSPS) is 15.5. The van der Waals surface area contributed by atoms with E-state index in [0.29, 0.717) is 11.8 Å². The van der Waals surface area contributed by atoms with Crippen molar-refractivity contribution in [1.29, 1.82) is 0 Å². The van der Waals surface area contributed by atoms with Gasteiger partial charge in [-0.2, -0.15) is 0 Å². The lowest BCUT2D eigenvalue weighted by atomic mass is 9.97. The Kier molecular flexibility index (Phi) is 5.52. The Morgan fingerprint density at radius 3 is 2.05 bits per heavy atom. The van der Waals surface area contributed by atoms with Gasteiger partial charge in [0.1, 0.15) is 0 Å². The summed E-state index contributed by atoms with van der Waals surface area (Å²) in [5.74, 6) is 1.25. The van der Waals surface area contributed by atoms with E-state index < -0.39 is 10.0 Å². The fourth-order valence-electron chi connectivity index (χ4n) is 1.66. The summed E-state index contributed by atoms with van der Waals surface area (Å²) in [6, 6.07) is 6.90. The van der Waals surface area contributed by atoms with E-state index in [1.807, 2.05) is 0 Å². The van der Waals surface area contributed by atoms with E-state index in [4.69, 9.17) is 5.14 Å². The molecular formula is C14H24N2O2S. The molecule has 0 bridgehead atoms. The van der Waals surface area contributed by atoms with Crippen molar-refractivity contribution in [3.8, 4) is 0 Å². The third kappa shape index (κ3) is 4.93. The fourth-order valence-corrected chi connectivity index (χ4v) is 2.18. The summed E-state index contributed by atoms with van der Waals surface area (Å²) in [7, 11) is -3.60. The molecule has 0 spiro atoms. The molecule has 1 rings (SSSR count). The van der Waals surface area contributed by atoms with Crippen LogP contribution in [0.2, 0.25) is 0 Å². The molecule has 4 nitrogen and oxygen atoms in total. The maximum Gasteiger partial charge on any atom is 0.238 e. The first-order chi connectivity index (χ1) is 8.71. The predicted molar refractivity (Wildman–Crippen MR) is 78.2 cm³/mol. The Bertz CT molecular complexity index is 495. The average molecular weight is 284 g/mol. The van der Waals surface area contributed by atoms with Gasteiger partial charge in [-0.15, -0.1) is 0 Å². The number of rotatable bonds is 6. The maximum absolute atomic E-state index is 11.2. The second kappa shape index (κ2) is 6.50. The maximum atomic E-state index is 11.2. The summed E-state index contributed by atoms with van der Waals surface area (Å²) in [5, 5.41) is 8.53. The monoisotopic (exact) mass is 284 g/mol. The summed E-state index contributed by atoms with van der Waals surface area (Å²) in [6.07, 6.45) is 0. The van der Waals surface area contributed by atoms with Gasteiger partial charge in [0, 0.05) is 6.04 Å². The molecule has 0 saturated carbocycles. The Morgan fingerprint density at radius 2 is 1.63 bits per heavy atom. The minimum Gasteiger partial charge on any atom is -0.310 e. The number of nitrogens with two attached hydrogens (primary N) is 1. The Morgan fingerprint density at radius 1 is 1.11 bits per heavy atom. The molecule has 19 heavy (non-hydrogen) atoms. The summed E-state index contributed by atoms with van der Waals surface area (Å²) < 4.78 is 22.3. The quantitative estimate of drug-likeness (QED) is 0.841. The topological polar surface area (TPSA) is 72.2 Å². The van der Waals surface area contributed by atoms with E-state index >= 15 is 0 Å². The second-order valence-electron chi connectivity index (χ2n) is 5.47. The van der Waals surface area contributed by atoms with Crippen molar-refractivity contribution in [2.24, 2.45) is 17.0 Å². The van der Waals surface area contributed by atoms with E-state index in [0.717, 1.165) is 12.1 Å². The highest BCUT2D eigenvalue weighted by atomic mass is 32.2. The number of benzene rings is 1. The standard InChI is InChI=1S/C14H24N2O2S/c1-10(2)11(3)9-16-12(4)13-5-7-14(8-6-13)19(15,17)18/h5-8,10-12,16H,9H2,1-4H3,(H2,15,17,18). The first kappa shape index (κ1) is 16.1. The number of hydrogen-bond acceptors (Lipinski definition) is 3. The zero-order valence-electron chi connectivity index (χ0n) is 12.1. The third-order valence-electron chi connectivity index (χ3n) is 3.59. The summed E-state index contributed by atoms with van der Waals surface area (Å²) >= 11 is 0. The van der Waals surface area contributed by atoms with Crippen LogP contribution in [0.4, 0.5) is 0 Å². The molecular weight excluding hydrogens is 260 g/mol. The first-order valence-corrected chi connectivity index (χ1v) is 8.12. The van der Waals surface area contributed by atoms with Crippen LogP contribution in [0.1, 0.15) is 39.3 Å². The van der Waals surface area contributed by atoms with E-state index in [1.54, 1.807) is 24.3 Å². The lowest BCUT2D eigenvalue weighted by Gasteiger charge is -2.20. The summed E-state index contributed by atoms with van der Waals surface area (Å²) in [4.78, 5) is 0.152. The molecule has 0 aliphatic carbocycles. The minimum absolute atomic E-state index is 0.152. The molecule has 5 heteroatoms. The van der Waals surface area contributed by atoms with Crippen LogP contribution in [0.5, 0.6) is 0 Å². The van der Waals surface area contributed by atoms with Gasteiger partial charge in [0.2, 0.25) is 10.0 Å². The van der Waals surface area contributed by atoms with Crippen LogP contribution < -0.4 is 10.5 Å². The van der Waals surface area contributed by atoms with Crippen molar-refractivity contribution < 1.29 is 8.42 Å². The van der Waals surface area contributed by atoms with Gasteiger partial charge >= 0.3 is 0 Å². The molecule has 1 aromatic rings. The van der Waals surface area contributed by atoms with Crippen LogP contribution in [0.25, 0.3) is 0 Å². The zero-order valence-corrected chi connectivity index (χ0v) is 12.9. The largest absolute Gasteiger partial charge is 0.310 e. The summed E-state index contributed by atoms with van der Waals surface area (Å²) in [5.41, 5.74) is 1.06. The zero-order chi connectivity index (χ0) is 14.6. The number of primary sulfonamides is 1. The van der Waals surface area contributed by atoms with Crippen molar-refractivity contribution in [3.05, 3.63) is 29.8 Å². The third-order valence-corrected chi connectivity index (χ3v) is 4.52. The van der Waals surface area contributed by atoms with Crippen molar-refractivity contribution in [2.75, 3.05) is 6.54 Å². The molecule has 0 aliphatic rings. The minimum atomic E-state index is -3.60. The molecule has 2 unspecified atom stereocenters. The highest BCUT2D eigenvalue weighted by Gasteiger charge is 2.12. The number of nitrogens with one attached hydrogen (secondary N) is 1. The van der Waals surface area contributed by atoms with Gasteiger partial charge in [0.25, 0.3) is 0 Å². The number of hydrogen-bond donors (Lipinski definition) is 2. The molecule has 1 aromatic carbocycles.